The summed E-state index contributed by atoms with van der Waals surface area (Å²) in [6, 6.07) is -0.435. The summed E-state index contributed by atoms with van der Waals surface area (Å²) < 4.78 is 7.30. The molecule has 2 atom stereocenters. The van der Waals surface area contributed by atoms with E-state index in [0.717, 1.165) is 19.3 Å². The van der Waals surface area contributed by atoms with Gasteiger partial charge in [0.2, 0.25) is 0 Å². The van der Waals surface area contributed by atoms with Gasteiger partial charge in [-0.15, -0.1) is 0 Å². The van der Waals surface area contributed by atoms with Crippen molar-refractivity contribution in [2.45, 2.75) is 71.1 Å². The molecule has 0 spiro atoms. The highest BCUT2D eigenvalue weighted by Crippen LogP contribution is 2.44. The summed E-state index contributed by atoms with van der Waals surface area (Å²) in [7, 11) is 0. The number of imide groups is 1. The molecule has 0 aromatic carbocycles. The van der Waals surface area contributed by atoms with Crippen molar-refractivity contribution in [2.24, 2.45) is 0 Å². The van der Waals surface area contributed by atoms with Crippen LogP contribution >= 0.6 is 0 Å². The second-order valence-electron chi connectivity index (χ2n) is 8.30. The van der Waals surface area contributed by atoms with Crippen LogP contribution in [0.5, 0.6) is 5.75 Å². The Bertz CT molecular complexity index is 943. The molecule has 4 rings (SSSR count). The van der Waals surface area contributed by atoms with E-state index < -0.39 is 17.6 Å². The number of fused-ring (bicyclic) bond motifs is 5. The van der Waals surface area contributed by atoms with Crippen molar-refractivity contribution in [3.63, 3.8) is 0 Å². The third kappa shape index (κ3) is 2.74. The number of aromatic nitrogens is 3. The van der Waals surface area contributed by atoms with Crippen LogP contribution in [0.15, 0.2) is 6.20 Å². The molecule has 2 aromatic heterocycles. The molecule has 0 unspecified atom stereocenters. The van der Waals surface area contributed by atoms with Gasteiger partial charge in [-0.1, -0.05) is 12.8 Å². The highest BCUT2D eigenvalue weighted by atomic mass is 16.6. The Morgan fingerprint density at radius 3 is 2.59 bits per heavy atom. The van der Waals surface area contributed by atoms with Crippen LogP contribution in [0.3, 0.4) is 0 Å². The maximum atomic E-state index is 13.3. The second kappa shape index (κ2) is 5.94. The molecule has 27 heavy (non-hydrogen) atoms. The first-order valence-electron chi connectivity index (χ1n) is 9.32. The quantitative estimate of drug-likeness (QED) is 0.762. The summed E-state index contributed by atoms with van der Waals surface area (Å²) in [6.07, 6.45) is 4.30. The maximum Gasteiger partial charge on any atom is 0.417 e. The molecule has 0 radical (unpaired) electrons. The fraction of sp³-hybridized carbons (Fsp3) is 0.579. The molecular weight excluding hydrogens is 348 g/mol. The SMILES string of the molecule is Cc1ncc2c(O)c3n(c2n1)[C@@H]1CCCC[C@H]1N(C(=O)OC(C)(C)C)C3=O. The third-order valence-corrected chi connectivity index (χ3v) is 5.21. The number of rotatable bonds is 0. The number of hydrogen-bond acceptors (Lipinski definition) is 6. The Morgan fingerprint density at radius 2 is 1.93 bits per heavy atom. The number of carbonyl (C=O) groups is 2. The highest BCUT2D eigenvalue weighted by Gasteiger charge is 2.48. The van der Waals surface area contributed by atoms with E-state index in [-0.39, 0.29) is 23.5 Å². The van der Waals surface area contributed by atoms with Crippen LogP contribution in [0.1, 0.15) is 68.8 Å². The van der Waals surface area contributed by atoms with E-state index in [1.807, 2.05) is 4.57 Å². The molecule has 2 aliphatic rings. The van der Waals surface area contributed by atoms with E-state index >= 15 is 0 Å². The lowest BCUT2D eigenvalue weighted by Crippen LogP contribution is -2.55. The van der Waals surface area contributed by atoms with Crippen molar-refractivity contribution in [1.29, 1.82) is 0 Å². The van der Waals surface area contributed by atoms with Crippen molar-refractivity contribution in [2.75, 3.05) is 0 Å². The number of ether oxygens (including phenoxy) is 1. The first-order chi connectivity index (χ1) is 12.7. The van der Waals surface area contributed by atoms with Crippen LogP contribution in [0, 0.1) is 6.92 Å². The fourth-order valence-corrected chi connectivity index (χ4v) is 4.17. The number of carbonyl (C=O) groups excluding carboxylic acids is 2. The molecule has 8 nitrogen and oxygen atoms in total. The van der Waals surface area contributed by atoms with Crippen LogP contribution in [-0.4, -0.2) is 48.2 Å². The van der Waals surface area contributed by atoms with E-state index in [9.17, 15) is 14.7 Å². The van der Waals surface area contributed by atoms with E-state index in [2.05, 4.69) is 9.97 Å². The van der Waals surface area contributed by atoms with Crippen LogP contribution in [0.2, 0.25) is 0 Å². The molecule has 2 amide bonds. The Hall–Kier alpha value is -2.64. The van der Waals surface area contributed by atoms with Crippen LogP contribution in [-0.2, 0) is 4.74 Å². The van der Waals surface area contributed by atoms with Gasteiger partial charge in [-0.05, 0) is 40.5 Å². The van der Waals surface area contributed by atoms with E-state index in [1.165, 1.54) is 11.1 Å². The number of aromatic hydroxyl groups is 1. The summed E-state index contributed by atoms with van der Waals surface area (Å²) >= 11 is 0. The summed E-state index contributed by atoms with van der Waals surface area (Å²) in [6.45, 7) is 7.08. The Kier molecular flexibility index (Phi) is 3.90. The molecule has 1 N–H and O–H groups in total. The van der Waals surface area contributed by atoms with E-state index in [4.69, 9.17) is 4.74 Å². The zero-order valence-electron chi connectivity index (χ0n) is 16.0. The fourth-order valence-electron chi connectivity index (χ4n) is 4.17. The van der Waals surface area contributed by atoms with Gasteiger partial charge < -0.3 is 14.4 Å². The van der Waals surface area contributed by atoms with Crippen molar-refractivity contribution < 1.29 is 19.4 Å². The first-order valence-corrected chi connectivity index (χ1v) is 9.32. The Balaban J connectivity index is 1.90. The van der Waals surface area contributed by atoms with Gasteiger partial charge in [0.25, 0.3) is 5.91 Å². The molecule has 1 fully saturated rings. The summed E-state index contributed by atoms with van der Waals surface area (Å²) in [4.78, 5) is 35.9. The zero-order valence-corrected chi connectivity index (χ0v) is 16.0. The summed E-state index contributed by atoms with van der Waals surface area (Å²) in [5, 5.41) is 11.1. The number of aryl methyl sites for hydroxylation is 1. The average Bonchev–Trinajstić information content (AvgIpc) is 2.86. The average molecular weight is 372 g/mol. The van der Waals surface area contributed by atoms with Gasteiger partial charge in [0.05, 0.1) is 17.5 Å². The van der Waals surface area contributed by atoms with Gasteiger partial charge >= 0.3 is 6.09 Å². The van der Waals surface area contributed by atoms with E-state index in [0.29, 0.717) is 23.3 Å². The van der Waals surface area contributed by atoms with Gasteiger partial charge in [-0.25, -0.2) is 19.7 Å². The normalized spacial score (nSPS) is 22.5. The van der Waals surface area contributed by atoms with Crippen molar-refractivity contribution in [1.82, 2.24) is 19.4 Å². The van der Waals surface area contributed by atoms with Crippen LogP contribution in [0.4, 0.5) is 4.79 Å². The minimum atomic E-state index is -0.712. The van der Waals surface area contributed by atoms with Crippen molar-refractivity contribution in [3.05, 3.63) is 17.7 Å². The molecule has 1 aliphatic carbocycles. The maximum absolute atomic E-state index is 13.3. The number of amides is 2. The van der Waals surface area contributed by atoms with Gasteiger partial charge in [-0.3, -0.25) is 4.79 Å². The van der Waals surface area contributed by atoms with Crippen LogP contribution in [0.25, 0.3) is 11.0 Å². The highest BCUT2D eigenvalue weighted by molar-refractivity contribution is 6.09. The predicted octanol–water partition coefficient (Wildman–Crippen LogP) is 3.32. The standard InChI is InChI=1S/C19H24N4O4/c1-10-20-9-11-15(24)14-17(25)23(18(26)27-19(2,3)4)13-8-6-5-7-12(13)22(14)16(11)21-10/h9,12-13,24H,5-8H2,1-4H3/t12-,13-/m1/s1. The van der Waals surface area contributed by atoms with Crippen molar-refractivity contribution in [3.8, 4) is 5.75 Å². The molecule has 2 aromatic rings. The lowest BCUT2D eigenvalue weighted by molar-refractivity contribution is 0.00234. The van der Waals surface area contributed by atoms with Gasteiger partial charge in [0.1, 0.15) is 17.1 Å². The summed E-state index contributed by atoms with van der Waals surface area (Å²) in [5.41, 5.74) is -0.0703. The molecule has 0 saturated heterocycles. The monoisotopic (exact) mass is 372 g/mol. The molecule has 1 aliphatic heterocycles. The topological polar surface area (TPSA) is 97.6 Å². The zero-order chi connectivity index (χ0) is 19.5. The van der Waals surface area contributed by atoms with E-state index in [1.54, 1.807) is 27.7 Å². The van der Waals surface area contributed by atoms with Crippen molar-refractivity contribution >= 4 is 23.0 Å². The minimum Gasteiger partial charge on any atom is -0.505 e. The van der Waals surface area contributed by atoms with Gasteiger partial charge in [-0.2, -0.15) is 0 Å². The minimum absolute atomic E-state index is 0.0962. The lowest BCUT2D eigenvalue weighted by atomic mass is 9.87. The molecular formula is C19H24N4O4. The number of hydrogen-bond donors (Lipinski definition) is 1. The molecule has 3 heterocycles. The smallest absolute Gasteiger partial charge is 0.417 e. The second-order valence-corrected chi connectivity index (χ2v) is 8.30. The molecule has 8 heteroatoms. The predicted molar refractivity (Wildman–Crippen MR) is 97.6 cm³/mol. The Labute approximate surface area is 157 Å². The summed E-state index contributed by atoms with van der Waals surface area (Å²) in [5.74, 6) is -0.148. The largest absolute Gasteiger partial charge is 0.505 e. The molecule has 1 saturated carbocycles. The van der Waals surface area contributed by atoms with Gasteiger partial charge in [0.15, 0.2) is 11.4 Å². The lowest BCUT2D eigenvalue weighted by Gasteiger charge is -2.43. The molecule has 144 valence electrons. The number of nitrogens with zero attached hydrogens (tertiary/aromatic N) is 4. The van der Waals surface area contributed by atoms with Crippen LogP contribution < -0.4 is 0 Å². The Morgan fingerprint density at radius 1 is 1.26 bits per heavy atom. The molecule has 0 bridgehead atoms. The first kappa shape index (κ1) is 17.8. The third-order valence-electron chi connectivity index (χ3n) is 5.21. The van der Waals surface area contributed by atoms with Gasteiger partial charge in [0, 0.05) is 6.20 Å².